The highest BCUT2D eigenvalue weighted by molar-refractivity contribution is 14.1. The fourth-order valence-corrected chi connectivity index (χ4v) is 12.5. The topological polar surface area (TPSA) is 120 Å². The number of nitrogens with zero attached hydrogens (tertiary/aromatic N) is 3. The lowest BCUT2D eigenvalue weighted by Gasteiger charge is -2.31. The van der Waals surface area contributed by atoms with Gasteiger partial charge in [0, 0.05) is 4.91 Å². The van der Waals surface area contributed by atoms with Crippen LogP contribution in [0, 0.1) is 0 Å². The molecule has 0 aromatic rings. The highest BCUT2D eigenvalue weighted by Gasteiger charge is 2.63. The normalized spacial score (nSPS) is 13.2. The predicted octanol–water partition coefficient (Wildman–Crippen LogP) is 5.82. The van der Waals surface area contributed by atoms with Crippen molar-refractivity contribution in [2.24, 2.45) is 5.11 Å². The van der Waals surface area contributed by atoms with Crippen LogP contribution in [0.2, 0.25) is 0 Å². The molecule has 0 heterocycles. The summed E-state index contributed by atoms with van der Waals surface area (Å²) in [7, 11) is -8.09. The summed E-state index contributed by atoms with van der Waals surface area (Å²) >= 11 is 5.16. The van der Waals surface area contributed by atoms with Gasteiger partial charge in [0.2, 0.25) is 0 Å². The van der Waals surface area contributed by atoms with Gasteiger partial charge in [-0.1, -0.05) is 5.11 Å². The molecule has 0 fully saturated rings. The van der Waals surface area contributed by atoms with E-state index in [2.05, 4.69) is 21.4 Å². The summed E-state index contributed by atoms with van der Waals surface area (Å²) in [6, 6.07) is 0. The average Bonchev–Trinajstić information content (AvgIpc) is 2.36. The van der Waals surface area contributed by atoms with Crippen LogP contribution in [-0.2, 0) is 20.5 Å². The second-order valence-corrected chi connectivity index (χ2v) is 11.8. The van der Waals surface area contributed by atoms with Crippen LogP contribution < -0.4 is 0 Å². The van der Waals surface area contributed by atoms with Gasteiger partial charge < -0.3 is 0 Å². The minimum Gasteiger partial charge on any atom is -0.257 e. The number of azide groups is 1. The number of hydrogen-bond donors (Lipinski definition) is 0. The summed E-state index contributed by atoms with van der Waals surface area (Å²) < 4.78 is 43.1. The van der Waals surface area contributed by atoms with Crippen LogP contribution in [0.3, 0.4) is 0 Å². The molecule has 0 unspecified atom stereocenters. The molecule has 0 spiro atoms. The summed E-state index contributed by atoms with van der Waals surface area (Å²) in [5, 5.41) is 1.08. The quantitative estimate of drug-likeness (QED) is 0.107. The average molecular weight is 735 g/mol. The van der Waals surface area contributed by atoms with Gasteiger partial charge in [-0.05, 0) is 12.5 Å². The van der Waals surface area contributed by atoms with E-state index in [9.17, 15) is 9.13 Å². The lowest BCUT2D eigenvalue weighted by Crippen LogP contribution is -2.22. The Hall–Kier alpha value is 2.53. The minimum atomic E-state index is -4.04. The molecule has 0 atom stereocenters. The van der Waals surface area contributed by atoms with Crippen molar-refractivity contribution in [3.8, 4) is 0 Å². The van der Waals surface area contributed by atoms with E-state index in [1.807, 2.05) is 0 Å². The second kappa shape index (κ2) is 8.09. The molecule has 0 rings (SSSR count). The van der Waals surface area contributed by atoms with Gasteiger partial charge in [0.05, 0.1) is 0 Å². The Balaban J connectivity index is 6.03. The van der Waals surface area contributed by atoms with Crippen molar-refractivity contribution >= 4 is 107 Å². The Morgan fingerprint density at radius 2 is 1.35 bits per heavy atom. The zero-order valence-corrected chi connectivity index (χ0v) is 18.1. The maximum atomic E-state index is 12.3. The Morgan fingerprint density at radius 1 is 1.06 bits per heavy atom. The minimum absolute atomic E-state index is 1.10. The van der Waals surface area contributed by atoms with Gasteiger partial charge in [0.15, 0.2) is 0 Å². The third-order valence-corrected chi connectivity index (χ3v) is 12.3. The summed E-state index contributed by atoms with van der Waals surface area (Å²) in [5.41, 5.74) is 8.49. The van der Waals surface area contributed by atoms with E-state index in [0.717, 1.165) is 6.92 Å². The van der Waals surface area contributed by atoms with Crippen LogP contribution in [0.1, 0.15) is 6.92 Å². The lowest BCUT2D eigenvalue weighted by molar-refractivity contribution is 0.402. The van der Waals surface area contributed by atoms with Crippen molar-refractivity contribution in [2.75, 3.05) is 0 Å². The summed E-state index contributed by atoms with van der Waals surface area (Å²) in [4.78, 5) is 2.48. The zero-order valence-electron chi connectivity index (χ0n) is 7.70. The van der Waals surface area contributed by atoms with Crippen LogP contribution in [0.15, 0.2) is 5.11 Å². The van der Waals surface area contributed by atoms with E-state index in [1.165, 1.54) is 92.0 Å². The molecular weight excluding hydrogens is 732 g/mol. The molecular formula is C2H3I4N3O6P2. The first-order valence-corrected chi connectivity index (χ1v) is 9.89. The van der Waals surface area contributed by atoms with E-state index in [0.29, 0.717) is 0 Å². The molecule has 17 heavy (non-hydrogen) atoms. The highest BCUT2D eigenvalue weighted by Crippen LogP contribution is 2.80. The van der Waals surface area contributed by atoms with E-state index < -0.39 is 20.2 Å². The summed E-state index contributed by atoms with van der Waals surface area (Å²) in [6.07, 6.45) is 0. The predicted molar refractivity (Wildman–Crippen MR) is 93.2 cm³/mol. The van der Waals surface area contributed by atoms with Crippen molar-refractivity contribution in [3.63, 3.8) is 0 Å². The van der Waals surface area contributed by atoms with Crippen LogP contribution in [-0.4, -0.2) is 5.02 Å². The fraction of sp³-hybridized carbons (Fsp3) is 1.00. The molecule has 0 aliphatic carbocycles. The molecule has 0 aliphatic rings. The van der Waals surface area contributed by atoms with E-state index in [4.69, 9.17) is 5.53 Å². The molecule has 100 valence electrons. The van der Waals surface area contributed by atoms with Crippen molar-refractivity contribution in [2.45, 2.75) is 11.9 Å². The Morgan fingerprint density at radius 3 is 1.53 bits per heavy atom. The van der Waals surface area contributed by atoms with Crippen molar-refractivity contribution in [3.05, 3.63) is 10.4 Å². The molecule has 0 bridgehead atoms. The molecule has 0 aromatic carbocycles. The molecule has 9 nitrogen and oxygen atoms in total. The lowest BCUT2D eigenvalue weighted by atomic mass is 10.8. The van der Waals surface area contributed by atoms with Gasteiger partial charge in [0.1, 0.15) is 92.0 Å². The molecule has 0 saturated carbocycles. The van der Waals surface area contributed by atoms with E-state index in [1.54, 1.807) is 0 Å². The Labute approximate surface area is 153 Å². The molecule has 0 saturated heterocycles. The van der Waals surface area contributed by atoms with Gasteiger partial charge in [0.25, 0.3) is 5.02 Å². The number of hydrogen-bond acceptors (Lipinski definition) is 7. The van der Waals surface area contributed by atoms with Crippen molar-refractivity contribution in [1.29, 1.82) is 0 Å². The number of halogens is 4. The second-order valence-electron chi connectivity index (χ2n) is 2.43. The molecule has 0 amide bonds. The number of rotatable bonds is 7. The van der Waals surface area contributed by atoms with Crippen LogP contribution in [0.25, 0.3) is 10.4 Å². The maximum Gasteiger partial charge on any atom is 0.373 e. The van der Waals surface area contributed by atoms with Gasteiger partial charge >= 0.3 is 15.2 Å². The third kappa shape index (κ3) is 3.79. The monoisotopic (exact) mass is 735 g/mol. The van der Waals surface area contributed by atoms with Crippen LogP contribution in [0.4, 0.5) is 0 Å². The molecule has 0 aliphatic heterocycles. The first-order valence-electron chi connectivity index (χ1n) is 3.28. The fourth-order valence-electron chi connectivity index (χ4n) is 0.627. The summed E-state index contributed by atoms with van der Waals surface area (Å²) in [5.74, 6) is 0. The van der Waals surface area contributed by atoms with E-state index in [-0.39, 0.29) is 0 Å². The molecule has 0 aromatic heterocycles. The SMILES string of the molecule is CC(N=[N+]=[N-])(P(=O)(OI)OI)P(=O)(OI)OI. The zero-order chi connectivity index (χ0) is 13.7. The highest BCUT2D eigenvalue weighted by atomic mass is 127. The molecule has 0 radical (unpaired) electrons. The summed E-state index contributed by atoms with van der Waals surface area (Å²) in [6.45, 7) is 1.10. The molecule has 0 N–H and O–H groups in total. The van der Waals surface area contributed by atoms with Gasteiger partial charge in [-0.2, -0.15) is 0 Å². The largest absolute Gasteiger partial charge is 0.373 e. The molecule has 15 heteroatoms. The van der Waals surface area contributed by atoms with Crippen molar-refractivity contribution < 1.29 is 20.5 Å². The Bertz CT molecular complexity index is 370. The third-order valence-electron chi connectivity index (χ3n) is 1.64. The standard InChI is InChI=1S/C2H3I4N3O6P2/c1-2(8-9-7,16(10,12-3)13-4)17(11,14-5)15-6/h1H3. The maximum absolute atomic E-state index is 12.3. The van der Waals surface area contributed by atoms with Gasteiger partial charge in [-0.25, -0.2) is 11.4 Å². The Kier molecular flexibility index (Phi) is 9.29. The van der Waals surface area contributed by atoms with E-state index >= 15 is 0 Å². The van der Waals surface area contributed by atoms with Crippen LogP contribution in [0.5, 0.6) is 0 Å². The smallest absolute Gasteiger partial charge is 0.257 e. The first-order chi connectivity index (χ1) is 7.80. The van der Waals surface area contributed by atoms with Crippen LogP contribution >= 0.6 is 107 Å². The van der Waals surface area contributed by atoms with Gasteiger partial charge in [-0.3, -0.25) is 9.13 Å². The van der Waals surface area contributed by atoms with Gasteiger partial charge in [-0.15, -0.1) is 0 Å². The van der Waals surface area contributed by atoms with Crippen molar-refractivity contribution in [1.82, 2.24) is 0 Å². The first kappa shape index (κ1) is 19.5.